The van der Waals surface area contributed by atoms with Gasteiger partial charge in [-0.2, -0.15) is 0 Å². The zero-order chi connectivity index (χ0) is 14.7. The van der Waals surface area contributed by atoms with Crippen LogP contribution < -0.4 is 4.90 Å². The number of anilines is 1. The van der Waals surface area contributed by atoms with Crippen molar-refractivity contribution in [3.8, 4) is 0 Å². The van der Waals surface area contributed by atoms with Crippen LogP contribution in [0.4, 0.5) is 5.69 Å². The van der Waals surface area contributed by atoms with E-state index < -0.39 is 5.97 Å². The Balaban J connectivity index is 2.07. The van der Waals surface area contributed by atoms with Crippen molar-refractivity contribution < 1.29 is 9.90 Å². The summed E-state index contributed by atoms with van der Waals surface area (Å²) >= 11 is 0. The van der Waals surface area contributed by atoms with Gasteiger partial charge in [0.2, 0.25) is 0 Å². The summed E-state index contributed by atoms with van der Waals surface area (Å²) in [7, 11) is 2.08. The first-order valence-electron chi connectivity index (χ1n) is 7.32. The van der Waals surface area contributed by atoms with Gasteiger partial charge in [-0.15, -0.1) is 0 Å². The molecule has 0 bridgehead atoms. The summed E-state index contributed by atoms with van der Waals surface area (Å²) in [6.07, 6.45) is 2.54. The molecule has 0 saturated carbocycles. The average Bonchev–Trinajstić information content (AvgIpc) is 2.85. The lowest BCUT2D eigenvalue weighted by Crippen LogP contribution is -2.38. The number of aryl methyl sites for hydroxylation is 1. The summed E-state index contributed by atoms with van der Waals surface area (Å²) in [5.74, 6) is -0.857. The molecular formula is C16H24N2O2. The second kappa shape index (κ2) is 6.27. The van der Waals surface area contributed by atoms with Gasteiger partial charge in [-0.3, -0.25) is 4.90 Å². The number of benzene rings is 1. The van der Waals surface area contributed by atoms with Crippen molar-refractivity contribution in [2.75, 3.05) is 31.6 Å². The van der Waals surface area contributed by atoms with Crippen LogP contribution in [0, 0.1) is 6.92 Å². The largest absolute Gasteiger partial charge is 0.478 e. The molecule has 1 heterocycles. The number of rotatable bonds is 5. The summed E-state index contributed by atoms with van der Waals surface area (Å²) in [5.41, 5.74) is 2.30. The van der Waals surface area contributed by atoms with E-state index >= 15 is 0 Å². The van der Waals surface area contributed by atoms with E-state index in [0.29, 0.717) is 11.6 Å². The van der Waals surface area contributed by atoms with Crippen LogP contribution >= 0.6 is 0 Å². The molecule has 1 unspecified atom stereocenters. The maximum atomic E-state index is 11.0. The van der Waals surface area contributed by atoms with E-state index in [1.807, 2.05) is 19.1 Å². The molecule has 4 nitrogen and oxygen atoms in total. The van der Waals surface area contributed by atoms with Crippen LogP contribution in [-0.2, 0) is 0 Å². The molecule has 0 aliphatic carbocycles. The zero-order valence-corrected chi connectivity index (χ0v) is 12.6. The highest BCUT2D eigenvalue weighted by Gasteiger charge is 2.24. The Hall–Kier alpha value is -1.55. The van der Waals surface area contributed by atoms with Gasteiger partial charge in [0.25, 0.3) is 0 Å². The predicted octanol–water partition coefficient (Wildman–Crippen LogP) is 2.61. The van der Waals surface area contributed by atoms with Crippen LogP contribution in [0.2, 0.25) is 0 Å². The minimum Gasteiger partial charge on any atom is -0.478 e. The Bertz CT molecular complexity index is 487. The molecule has 1 aromatic rings. The predicted molar refractivity (Wildman–Crippen MR) is 81.7 cm³/mol. The quantitative estimate of drug-likeness (QED) is 0.898. The number of likely N-dealkylation sites (tertiary alicyclic amines) is 1. The van der Waals surface area contributed by atoms with Crippen molar-refractivity contribution in [3.63, 3.8) is 0 Å². The number of carboxylic acid groups (broad SMARTS) is 1. The molecule has 1 aliphatic rings. The number of aromatic carboxylic acids is 1. The second-order valence-electron chi connectivity index (χ2n) is 5.61. The highest BCUT2D eigenvalue weighted by molar-refractivity contribution is 5.89. The smallest absolute Gasteiger partial charge is 0.335 e. The number of nitrogens with zero attached hydrogens (tertiary/aromatic N) is 2. The van der Waals surface area contributed by atoms with Gasteiger partial charge >= 0.3 is 5.97 Å². The van der Waals surface area contributed by atoms with Gasteiger partial charge in [0.15, 0.2) is 0 Å². The average molecular weight is 276 g/mol. The van der Waals surface area contributed by atoms with Crippen molar-refractivity contribution in [2.24, 2.45) is 0 Å². The molecule has 0 spiro atoms. The lowest BCUT2D eigenvalue weighted by Gasteiger charge is -2.29. The van der Waals surface area contributed by atoms with E-state index in [1.54, 1.807) is 6.07 Å². The topological polar surface area (TPSA) is 43.8 Å². The fraction of sp³-hybridized carbons (Fsp3) is 0.562. The molecule has 0 radical (unpaired) electrons. The first-order valence-corrected chi connectivity index (χ1v) is 7.32. The van der Waals surface area contributed by atoms with E-state index in [4.69, 9.17) is 5.11 Å². The summed E-state index contributed by atoms with van der Waals surface area (Å²) in [6.45, 7) is 7.38. The highest BCUT2D eigenvalue weighted by atomic mass is 16.4. The number of hydrogen-bond acceptors (Lipinski definition) is 3. The lowest BCUT2D eigenvalue weighted by molar-refractivity contribution is 0.0696. The minimum absolute atomic E-state index is 0.387. The Morgan fingerprint density at radius 1 is 1.50 bits per heavy atom. The number of likely N-dealkylation sites (N-methyl/N-ethyl adjacent to an activating group) is 2. The van der Waals surface area contributed by atoms with Crippen molar-refractivity contribution in [3.05, 3.63) is 29.3 Å². The van der Waals surface area contributed by atoms with Crippen molar-refractivity contribution in [1.29, 1.82) is 0 Å². The molecule has 1 aliphatic heterocycles. The molecule has 1 aromatic carbocycles. The molecular weight excluding hydrogens is 252 g/mol. The normalized spacial score (nSPS) is 19.2. The van der Waals surface area contributed by atoms with Gasteiger partial charge in [-0.25, -0.2) is 4.79 Å². The van der Waals surface area contributed by atoms with E-state index in [-0.39, 0.29) is 0 Å². The molecule has 0 amide bonds. The Morgan fingerprint density at radius 3 is 2.85 bits per heavy atom. The summed E-state index contributed by atoms with van der Waals surface area (Å²) in [4.78, 5) is 15.8. The van der Waals surface area contributed by atoms with Crippen LogP contribution in [0.25, 0.3) is 0 Å². The van der Waals surface area contributed by atoms with Crippen molar-refractivity contribution in [2.45, 2.75) is 32.7 Å². The first kappa shape index (κ1) is 14.9. The van der Waals surface area contributed by atoms with Crippen LogP contribution in [0.1, 0.15) is 35.7 Å². The van der Waals surface area contributed by atoms with E-state index in [2.05, 4.69) is 23.8 Å². The van der Waals surface area contributed by atoms with Crippen molar-refractivity contribution in [1.82, 2.24) is 4.90 Å². The third kappa shape index (κ3) is 3.12. The minimum atomic E-state index is -0.857. The van der Waals surface area contributed by atoms with E-state index in [1.165, 1.54) is 19.4 Å². The zero-order valence-electron chi connectivity index (χ0n) is 12.6. The van der Waals surface area contributed by atoms with Gasteiger partial charge in [-0.1, -0.05) is 6.92 Å². The number of carboxylic acids is 1. The molecule has 1 fully saturated rings. The van der Waals surface area contributed by atoms with Crippen molar-refractivity contribution >= 4 is 11.7 Å². The van der Waals surface area contributed by atoms with Crippen LogP contribution in [0.15, 0.2) is 18.2 Å². The maximum absolute atomic E-state index is 11.0. The van der Waals surface area contributed by atoms with Gasteiger partial charge in [-0.05, 0) is 56.6 Å². The van der Waals surface area contributed by atoms with Gasteiger partial charge in [0.1, 0.15) is 0 Å². The van der Waals surface area contributed by atoms with Gasteiger partial charge in [0.05, 0.1) is 5.56 Å². The summed E-state index contributed by atoms with van der Waals surface area (Å²) in [6, 6.07) is 6.19. The third-order valence-electron chi connectivity index (χ3n) is 4.27. The summed E-state index contributed by atoms with van der Waals surface area (Å²) < 4.78 is 0. The molecule has 20 heavy (non-hydrogen) atoms. The molecule has 0 aromatic heterocycles. The Kier molecular flexibility index (Phi) is 4.65. The summed E-state index contributed by atoms with van der Waals surface area (Å²) in [5, 5.41) is 9.07. The van der Waals surface area contributed by atoms with E-state index in [0.717, 1.165) is 24.3 Å². The molecule has 4 heteroatoms. The first-order chi connectivity index (χ1) is 9.52. The molecule has 1 N–H and O–H groups in total. The molecule has 110 valence electrons. The Morgan fingerprint density at radius 2 is 2.25 bits per heavy atom. The second-order valence-corrected chi connectivity index (χ2v) is 5.61. The number of hydrogen-bond donors (Lipinski definition) is 1. The Labute approximate surface area is 121 Å². The number of carbonyl (C=O) groups is 1. The van der Waals surface area contributed by atoms with Crippen LogP contribution in [0.3, 0.4) is 0 Å². The van der Waals surface area contributed by atoms with E-state index in [9.17, 15) is 4.79 Å². The lowest BCUT2D eigenvalue weighted by atomic mass is 10.1. The molecule has 1 saturated heterocycles. The standard InChI is InChI=1S/C16H24N2O2/c1-4-18-9-5-6-14(18)11-17(3)13-7-8-15(16(19)20)12(2)10-13/h7-8,10,14H,4-6,9,11H2,1-3H3,(H,19,20). The molecule has 1 atom stereocenters. The van der Waals surface area contributed by atoms with Crippen LogP contribution in [-0.4, -0.2) is 48.7 Å². The fourth-order valence-corrected chi connectivity index (χ4v) is 3.06. The van der Waals surface area contributed by atoms with Gasteiger partial charge < -0.3 is 10.0 Å². The molecule has 2 rings (SSSR count). The highest BCUT2D eigenvalue weighted by Crippen LogP contribution is 2.22. The van der Waals surface area contributed by atoms with Crippen LogP contribution in [0.5, 0.6) is 0 Å². The maximum Gasteiger partial charge on any atom is 0.335 e. The SMILES string of the molecule is CCN1CCCC1CN(C)c1ccc(C(=O)O)c(C)c1. The third-order valence-corrected chi connectivity index (χ3v) is 4.27. The fourth-order valence-electron chi connectivity index (χ4n) is 3.06. The monoisotopic (exact) mass is 276 g/mol. The van der Waals surface area contributed by atoms with Gasteiger partial charge in [0, 0.05) is 25.3 Å².